The van der Waals surface area contributed by atoms with Crippen LogP contribution in [0.15, 0.2) is 12.3 Å². The lowest BCUT2D eigenvalue weighted by molar-refractivity contribution is 0.581. The molecule has 0 bridgehead atoms. The molecule has 0 aromatic carbocycles. The van der Waals surface area contributed by atoms with Gasteiger partial charge >= 0.3 is 0 Å². The van der Waals surface area contributed by atoms with Crippen LogP contribution in [0.3, 0.4) is 0 Å². The second-order valence-corrected chi connectivity index (χ2v) is 4.78. The first-order valence-corrected chi connectivity index (χ1v) is 7.34. The average Bonchev–Trinajstić information content (AvgIpc) is 2.46. The molecular weight excluding hydrogens is 236 g/mol. The molecule has 0 radical (unpaired) electrons. The third kappa shape index (κ3) is 7.40. The Morgan fingerprint density at radius 2 is 1.79 bits per heavy atom. The summed E-state index contributed by atoms with van der Waals surface area (Å²) in [5, 5.41) is 11.9. The monoisotopic (exact) mass is 260 g/mol. The Morgan fingerprint density at radius 3 is 2.47 bits per heavy atom. The van der Waals surface area contributed by atoms with Gasteiger partial charge in [-0.2, -0.15) is 5.26 Å². The number of rotatable bonds is 10. The van der Waals surface area contributed by atoms with Crippen LogP contribution < -0.4 is 5.32 Å². The molecule has 19 heavy (non-hydrogen) atoms. The third-order valence-corrected chi connectivity index (χ3v) is 3.08. The van der Waals surface area contributed by atoms with Crippen molar-refractivity contribution in [3.8, 4) is 6.07 Å². The van der Waals surface area contributed by atoms with Crippen LogP contribution in [0.5, 0.6) is 0 Å². The summed E-state index contributed by atoms with van der Waals surface area (Å²) in [7, 11) is 0. The Morgan fingerprint density at radius 1 is 1.11 bits per heavy atom. The van der Waals surface area contributed by atoms with Gasteiger partial charge in [0, 0.05) is 12.7 Å². The molecule has 1 rings (SSSR count). The van der Waals surface area contributed by atoms with E-state index in [0.29, 0.717) is 11.6 Å². The van der Waals surface area contributed by atoms with Gasteiger partial charge in [0.15, 0.2) is 0 Å². The van der Waals surface area contributed by atoms with Crippen LogP contribution in [0.25, 0.3) is 0 Å². The van der Waals surface area contributed by atoms with Gasteiger partial charge in [0.1, 0.15) is 11.8 Å². The number of hydrogen-bond donors (Lipinski definition) is 1. The smallest absolute Gasteiger partial charge is 0.223 e. The number of unbranched alkanes of at least 4 members (excludes halogenated alkanes) is 7. The standard InChI is InChI=1S/C15H24N4/c1-2-3-4-5-6-7-8-9-11-17-15-18-12-10-14(13-16)19-15/h10,12H,2-9,11H2,1H3,(H,17,18,19). The molecule has 0 aliphatic heterocycles. The van der Waals surface area contributed by atoms with Gasteiger partial charge in [-0.1, -0.05) is 51.9 Å². The summed E-state index contributed by atoms with van der Waals surface area (Å²) >= 11 is 0. The maximum Gasteiger partial charge on any atom is 0.223 e. The molecule has 0 aliphatic carbocycles. The quantitative estimate of drug-likeness (QED) is 0.648. The predicted octanol–water partition coefficient (Wildman–Crippen LogP) is 3.90. The van der Waals surface area contributed by atoms with E-state index in [-0.39, 0.29) is 0 Å². The highest BCUT2D eigenvalue weighted by Gasteiger charge is 1.97. The molecule has 0 spiro atoms. The van der Waals surface area contributed by atoms with E-state index < -0.39 is 0 Å². The van der Waals surface area contributed by atoms with E-state index in [1.54, 1.807) is 12.3 Å². The predicted molar refractivity (Wildman–Crippen MR) is 77.8 cm³/mol. The zero-order chi connectivity index (χ0) is 13.8. The van der Waals surface area contributed by atoms with E-state index in [1.807, 2.05) is 6.07 Å². The Bertz CT molecular complexity index is 384. The van der Waals surface area contributed by atoms with E-state index in [4.69, 9.17) is 5.26 Å². The number of nitriles is 1. The maximum absolute atomic E-state index is 8.72. The molecule has 0 fully saturated rings. The van der Waals surface area contributed by atoms with E-state index in [2.05, 4.69) is 22.2 Å². The van der Waals surface area contributed by atoms with E-state index in [1.165, 1.54) is 44.9 Å². The van der Waals surface area contributed by atoms with Gasteiger partial charge in [-0.25, -0.2) is 9.97 Å². The van der Waals surface area contributed by atoms with Gasteiger partial charge in [-0.3, -0.25) is 0 Å². The minimum atomic E-state index is 0.411. The molecule has 0 atom stereocenters. The van der Waals surface area contributed by atoms with Crippen LogP contribution in [-0.2, 0) is 0 Å². The van der Waals surface area contributed by atoms with Crippen molar-refractivity contribution in [3.63, 3.8) is 0 Å². The van der Waals surface area contributed by atoms with Crippen molar-refractivity contribution in [1.29, 1.82) is 5.26 Å². The van der Waals surface area contributed by atoms with Gasteiger partial charge in [0.25, 0.3) is 0 Å². The number of hydrogen-bond acceptors (Lipinski definition) is 4. The molecule has 0 saturated carbocycles. The van der Waals surface area contributed by atoms with Gasteiger partial charge in [0.2, 0.25) is 5.95 Å². The maximum atomic E-state index is 8.72. The molecule has 0 saturated heterocycles. The summed E-state index contributed by atoms with van der Waals surface area (Å²) < 4.78 is 0. The molecule has 4 nitrogen and oxygen atoms in total. The molecule has 4 heteroatoms. The van der Waals surface area contributed by atoms with E-state index in [0.717, 1.165) is 13.0 Å². The van der Waals surface area contributed by atoms with Crippen molar-refractivity contribution in [1.82, 2.24) is 9.97 Å². The second kappa shape index (κ2) is 10.3. The lowest BCUT2D eigenvalue weighted by atomic mass is 10.1. The van der Waals surface area contributed by atoms with Crippen LogP contribution in [0.4, 0.5) is 5.95 Å². The fourth-order valence-corrected chi connectivity index (χ4v) is 1.97. The highest BCUT2D eigenvalue weighted by Crippen LogP contribution is 2.08. The molecule has 0 unspecified atom stereocenters. The zero-order valence-corrected chi connectivity index (χ0v) is 11.9. The molecule has 1 aromatic rings. The number of aromatic nitrogens is 2. The van der Waals surface area contributed by atoms with Crippen molar-refractivity contribution < 1.29 is 0 Å². The molecule has 0 aliphatic rings. The van der Waals surface area contributed by atoms with Crippen LogP contribution >= 0.6 is 0 Å². The first kappa shape index (κ1) is 15.4. The lowest BCUT2D eigenvalue weighted by Gasteiger charge is -2.04. The average molecular weight is 260 g/mol. The fourth-order valence-electron chi connectivity index (χ4n) is 1.97. The van der Waals surface area contributed by atoms with Crippen molar-refractivity contribution in [2.75, 3.05) is 11.9 Å². The normalized spacial score (nSPS) is 10.1. The summed E-state index contributed by atoms with van der Waals surface area (Å²) in [5.74, 6) is 0.557. The van der Waals surface area contributed by atoms with Gasteiger partial charge in [0.05, 0.1) is 0 Å². The number of nitrogens with one attached hydrogen (secondary N) is 1. The summed E-state index contributed by atoms with van der Waals surface area (Å²) in [6.07, 6.45) is 12.1. The van der Waals surface area contributed by atoms with Gasteiger partial charge in [-0.05, 0) is 12.5 Å². The van der Waals surface area contributed by atoms with Crippen LogP contribution in [0.1, 0.15) is 64.0 Å². The highest BCUT2D eigenvalue weighted by atomic mass is 15.1. The summed E-state index contributed by atoms with van der Waals surface area (Å²) in [6, 6.07) is 3.62. The fraction of sp³-hybridized carbons (Fsp3) is 0.667. The molecule has 1 heterocycles. The molecular formula is C15H24N4. The van der Waals surface area contributed by atoms with Gasteiger partial charge < -0.3 is 5.32 Å². The molecule has 0 amide bonds. The van der Waals surface area contributed by atoms with Crippen molar-refractivity contribution in [2.45, 2.75) is 58.3 Å². The van der Waals surface area contributed by atoms with Crippen LogP contribution in [0, 0.1) is 11.3 Å². The number of nitrogens with zero attached hydrogens (tertiary/aromatic N) is 3. The Hall–Kier alpha value is -1.63. The summed E-state index contributed by atoms with van der Waals surface area (Å²) in [6.45, 7) is 3.12. The summed E-state index contributed by atoms with van der Waals surface area (Å²) in [5.41, 5.74) is 0.411. The van der Waals surface area contributed by atoms with Crippen molar-refractivity contribution >= 4 is 5.95 Å². The molecule has 1 aromatic heterocycles. The third-order valence-electron chi connectivity index (χ3n) is 3.08. The first-order chi connectivity index (χ1) is 9.36. The minimum Gasteiger partial charge on any atom is -0.354 e. The molecule has 1 N–H and O–H groups in total. The summed E-state index contributed by atoms with van der Waals surface area (Å²) in [4.78, 5) is 8.16. The lowest BCUT2D eigenvalue weighted by Crippen LogP contribution is -2.05. The van der Waals surface area contributed by atoms with Crippen molar-refractivity contribution in [3.05, 3.63) is 18.0 Å². The van der Waals surface area contributed by atoms with Crippen molar-refractivity contribution in [2.24, 2.45) is 0 Å². The SMILES string of the molecule is CCCCCCCCCCNc1nccc(C#N)n1. The minimum absolute atomic E-state index is 0.411. The topological polar surface area (TPSA) is 61.6 Å². The highest BCUT2D eigenvalue weighted by molar-refractivity contribution is 5.29. The number of anilines is 1. The first-order valence-electron chi connectivity index (χ1n) is 7.34. The van der Waals surface area contributed by atoms with E-state index in [9.17, 15) is 0 Å². The van der Waals surface area contributed by atoms with E-state index >= 15 is 0 Å². The van der Waals surface area contributed by atoms with Crippen LogP contribution in [0.2, 0.25) is 0 Å². The van der Waals surface area contributed by atoms with Gasteiger partial charge in [-0.15, -0.1) is 0 Å². The largest absolute Gasteiger partial charge is 0.354 e. The zero-order valence-electron chi connectivity index (χ0n) is 11.9. The Balaban J connectivity index is 2.00. The Labute approximate surface area is 116 Å². The second-order valence-electron chi connectivity index (χ2n) is 4.78. The molecule has 104 valence electrons. The van der Waals surface area contributed by atoms with Crippen LogP contribution in [-0.4, -0.2) is 16.5 Å². The Kier molecular flexibility index (Phi) is 8.37.